The second-order valence-electron chi connectivity index (χ2n) is 4.23. The molecule has 2 aromatic rings. The van der Waals surface area contributed by atoms with Gasteiger partial charge in [0.25, 0.3) is 0 Å². The zero-order valence-corrected chi connectivity index (χ0v) is 12.8. The Morgan fingerprint density at radius 3 is 1.27 bits per heavy atom. The first kappa shape index (κ1) is 19.2. The second-order valence-corrected chi connectivity index (χ2v) is 4.23. The molecule has 0 heterocycles. The zero-order chi connectivity index (χ0) is 16.8. The van der Waals surface area contributed by atoms with Crippen molar-refractivity contribution < 1.29 is 9.59 Å². The Kier molecular flexibility index (Phi) is 10.5. The lowest BCUT2D eigenvalue weighted by Crippen LogP contribution is -1.91. The van der Waals surface area contributed by atoms with Gasteiger partial charge in [0, 0.05) is 0 Å². The van der Waals surface area contributed by atoms with Crippen LogP contribution >= 0.6 is 0 Å². The van der Waals surface area contributed by atoms with Crippen LogP contribution in [0.2, 0.25) is 0 Å². The molecular weight excluding hydrogens is 276 g/mol. The molecule has 4 nitrogen and oxygen atoms in total. The molecule has 0 radical (unpaired) electrons. The number of isocyanates is 2. The molecule has 0 saturated carbocycles. The first-order valence-electron chi connectivity index (χ1n) is 6.93. The van der Waals surface area contributed by atoms with E-state index in [0.29, 0.717) is 0 Å². The van der Waals surface area contributed by atoms with Gasteiger partial charge in [-0.1, -0.05) is 62.4 Å². The standard InChI is InChI=1S/C16H18.2CHNO/c1-3-13-9-5-7-11-15(13)16-12-8-6-10-14(16)4-2;2*2-1-3/h5-12H,3-4H2,1-2H3;2*2H. The molecule has 4 heteroatoms. The minimum Gasteiger partial charge on any atom is -0.222 e. The fourth-order valence-corrected chi connectivity index (χ4v) is 2.18. The lowest BCUT2D eigenvalue weighted by atomic mass is 9.93. The fourth-order valence-electron chi connectivity index (χ4n) is 2.18. The summed E-state index contributed by atoms with van der Waals surface area (Å²) in [7, 11) is 0. The lowest BCUT2D eigenvalue weighted by molar-refractivity contribution is 0.562. The van der Waals surface area contributed by atoms with E-state index in [1.807, 2.05) is 0 Å². The highest BCUT2D eigenvalue weighted by molar-refractivity contribution is 5.70. The van der Waals surface area contributed by atoms with Crippen LogP contribution in [0.15, 0.2) is 48.5 Å². The Bertz CT molecular complexity index is 582. The van der Waals surface area contributed by atoms with Gasteiger partial charge >= 0.3 is 0 Å². The van der Waals surface area contributed by atoms with Crippen LogP contribution in [0.1, 0.15) is 25.0 Å². The van der Waals surface area contributed by atoms with Crippen molar-refractivity contribution in [3.63, 3.8) is 0 Å². The molecule has 114 valence electrons. The number of nitrogens with one attached hydrogen (secondary N) is 2. The molecule has 0 aromatic heterocycles. The van der Waals surface area contributed by atoms with E-state index >= 15 is 0 Å². The summed E-state index contributed by atoms with van der Waals surface area (Å²) in [5.74, 6) is 0. The summed E-state index contributed by atoms with van der Waals surface area (Å²) < 4.78 is 0. The summed E-state index contributed by atoms with van der Waals surface area (Å²) in [6.07, 6.45) is 3.68. The molecule has 0 bridgehead atoms. The Hall–Kier alpha value is -2.80. The van der Waals surface area contributed by atoms with Gasteiger partial charge in [-0.2, -0.15) is 0 Å². The van der Waals surface area contributed by atoms with Crippen molar-refractivity contribution in [2.75, 3.05) is 0 Å². The molecule has 0 aliphatic heterocycles. The Labute approximate surface area is 130 Å². The van der Waals surface area contributed by atoms with E-state index in [4.69, 9.17) is 20.4 Å². The summed E-state index contributed by atoms with van der Waals surface area (Å²) in [6, 6.07) is 17.4. The highest BCUT2D eigenvalue weighted by Gasteiger charge is 2.05. The third kappa shape index (κ3) is 6.10. The zero-order valence-electron chi connectivity index (χ0n) is 12.8. The van der Waals surface area contributed by atoms with Crippen LogP contribution in [0.5, 0.6) is 0 Å². The molecule has 22 heavy (non-hydrogen) atoms. The molecule has 0 atom stereocenters. The maximum absolute atomic E-state index is 8.35. The summed E-state index contributed by atoms with van der Waals surface area (Å²) in [6.45, 7) is 4.43. The molecule has 0 amide bonds. The van der Waals surface area contributed by atoms with E-state index in [1.54, 1.807) is 0 Å². The third-order valence-corrected chi connectivity index (χ3v) is 3.09. The molecule has 0 spiro atoms. The predicted molar refractivity (Wildman–Crippen MR) is 87.5 cm³/mol. The van der Waals surface area contributed by atoms with Crippen LogP contribution in [-0.4, -0.2) is 12.2 Å². The Morgan fingerprint density at radius 2 is 1.00 bits per heavy atom. The highest BCUT2D eigenvalue weighted by Crippen LogP contribution is 2.27. The largest absolute Gasteiger partial charge is 0.231 e. The fraction of sp³-hybridized carbons (Fsp3) is 0.222. The van der Waals surface area contributed by atoms with Gasteiger partial charge < -0.3 is 0 Å². The second kappa shape index (κ2) is 12.0. The maximum Gasteiger partial charge on any atom is 0.231 e. The number of hydrogen-bond donors (Lipinski definition) is 2. The summed E-state index contributed by atoms with van der Waals surface area (Å²) in [5, 5.41) is 10.8. The van der Waals surface area contributed by atoms with Gasteiger partial charge in [-0.05, 0) is 35.1 Å². The molecule has 0 aliphatic carbocycles. The van der Waals surface area contributed by atoms with Gasteiger partial charge in [0.2, 0.25) is 12.2 Å². The SMILES string of the molecule is CCc1ccccc1-c1ccccc1CC.N=C=O.N=C=O. The van der Waals surface area contributed by atoms with Gasteiger partial charge in [-0.25, -0.2) is 20.4 Å². The first-order valence-corrected chi connectivity index (χ1v) is 6.93. The third-order valence-electron chi connectivity index (χ3n) is 3.09. The number of hydrogen-bond acceptors (Lipinski definition) is 4. The average molecular weight is 296 g/mol. The summed E-state index contributed by atoms with van der Waals surface area (Å²) in [5.41, 5.74) is 5.65. The number of benzene rings is 2. The van der Waals surface area contributed by atoms with Crippen molar-refractivity contribution in [2.45, 2.75) is 26.7 Å². The van der Waals surface area contributed by atoms with Crippen LogP contribution in [0.25, 0.3) is 11.1 Å². The normalized spacial score (nSPS) is 8.27. The molecule has 0 saturated heterocycles. The van der Waals surface area contributed by atoms with E-state index in [9.17, 15) is 0 Å². The van der Waals surface area contributed by atoms with E-state index in [-0.39, 0.29) is 0 Å². The van der Waals surface area contributed by atoms with Crippen molar-refractivity contribution in [1.82, 2.24) is 0 Å². The molecule has 2 N–H and O–H groups in total. The molecule has 0 fully saturated rings. The maximum atomic E-state index is 8.35. The van der Waals surface area contributed by atoms with E-state index in [1.165, 1.54) is 22.3 Å². The van der Waals surface area contributed by atoms with Gasteiger partial charge in [0.1, 0.15) is 0 Å². The molecule has 0 unspecified atom stereocenters. The summed E-state index contributed by atoms with van der Waals surface area (Å²) in [4.78, 5) is 16.7. The molecule has 2 aromatic carbocycles. The van der Waals surface area contributed by atoms with Crippen LogP contribution in [0.4, 0.5) is 0 Å². The summed E-state index contributed by atoms with van der Waals surface area (Å²) >= 11 is 0. The van der Waals surface area contributed by atoms with Gasteiger partial charge in [-0.15, -0.1) is 0 Å². The minimum absolute atomic E-state index is 0.750. The van der Waals surface area contributed by atoms with Crippen LogP contribution in [-0.2, 0) is 22.4 Å². The van der Waals surface area contributed by atoms with Crippen molar-refractivity contribution in [1.29, 1.82) is 10.8 Å². The van der Waals surface area contributed by atoms with Crippen molar-refractivity contribution in [2.24, 2.45) is 0 Å². The number of carbonyl (C=O) groups excluding carboxylic acids is 2. The monoisotopic (exact) mass is 296 g/mol. The highest BCUT2D eigenvalue weighted by atomic mass is 16.1. The average Bonchev–Trinajstić information content (AvgIpc) is 2.56. The van der Waals surface area contributed by atoms with Crippen LogP contribution < -0.4 is 0 Å². The van der Waals surface area contributed by atoms with Crippen LogP contribution in [0.3, 0.4) is 0 Å². The van der Waals surface area contributed by atoms with Gasteiger partial charge in [0.05, 0.1) is 0 Å². The van der Waals surface area contributed by atoms with Crippen molar-refractivity contribution in [3.8, 4) is 11.1 Å². The molecule has 0 aliphatic rings. The lowest BCUT2D eigenvalue weighted by Gasteiger charge is -2.11. The van der Waals surface area contributed by atoms with E-state index < -0.39 is 0 Å². The van der Waals surface area contributed by atoms with E-state index in [2.05, 4.69) is 62.4 Å². The van der Waals surface area contributed by atoms with Crippen molar-refractivity contribution >= 4 is 12.2 Å². The smallest absolute Gasteiger partial charge is 0.222 e. The topological polar surface area (TPSA) is 81.8 Å². The Balaban J connectivity index is 0.000000639. The van der Waals surface area contributed by atoms with Gasteiger partial charge in [0.15, 0.2) is 0 Å². The molecule has 2 rings (SSSR count). The predicted octanol–water partition coefficient (Wildman–Crippen LogP) is 4.28. The number of aryl methyl sites for hydroxylation is 2. The van der Waals surface area contributed by atoms with Gasteiger partial charge in [-0.3, -0.25) is 0 Å². The number of rotatable bonds is 3. The molecular formula is C18H20N2O2. The Morgan fingerprint density at radius 1 is 0.727 bits per heavy atom. The minimum atomic E-state index is 0.750. The van der Waals surface area contributed by atoms with Crippen LogP contribution in [0, 0.1) is 10.8 Å². The quantitative estimate of drug-likeness (QED) is 0.654. The van der Waals surface area contributed by atoms with E-state index in [0.717, 1.165) is 25.0 Å². The first-order chi connectivity index (χ1) is 10.7. The van der Waals surface area contributed by atoms with Crippen molar-refractivity contribution in [3.05, 3.63) is 59.7 Å².